The first-order valence-electron chi connectivity index (χ1n) is 4.61. The topological polar surface area (TPSA) is 35.0 Å². The van der Waals surface area contributed by atoms with Crippen LogP contribution in [-0.4, -0.2) is 10.2 Å². The number of halogens is 2. The fourth-order valence-electron chi connectivity index (χ4n) is 1.17. The molecule has 0 fully saturated rings. The summed E-state index contributed by atoms with van der Waals surface area (Å²) in [5, 5.41) is 7.92. The Bertz CT molecular complexity index is 477. The third-order valence-corrected chi connectivity index (χ3v) is 2.43. The van der Waals surface area contributed by atoms with Gasteiger partial charge < -0.3 is 4.74 Å². The Morgan fingerprint density at radius 2 is 1.81 bits per heavy atom. The van der Waals surface area contributed by atoms with Gasteiger partial charge in [-0.1, -0.05) is 41.4 Å². The Morgan fingerprint density at radius 3 is 2.56 bits per heavy atom. The summed E-state index contributed by atoms with van der Waals surface area (Å²) in [6.07, 6.45) is 0. The highest BCUT2D eigenvalue weighted by Crippen LogP contribution is 2.18. The van der Waals surface area contributed by atoms with Crippen molar-refractivity contribution in [3.63, 3.8) is 0 Å². The van der Waals surface area contributed by atoms with Crippen LogP contribution in [-0.2, 0) is 6.61 Å². The van der Waals surface area contributed by atoms with Gasteiger partial charge in [0, 0.05) is 5.56 Å². The lowest BCUT2D eigenvalue weighted by molar-refractivity contribution is 0.305. The molecule has 0 spiro atoms. The lowest BCUT2D eigenvalue weighted by atomic mass is 10.3. The van der Waals surface area contributed by atoms with E-state index in [0.717, 1.165) is 5.75 Å². The molecular formula is C11H8Cl2N2O. The second-order valence-electron chi connectivity index (χ2n) is 3.08. The molecule has 0 atom stereocenters. The van der Waals surface area contributed by atoms with E-state index in [9.17, 15) is 0 Å². The van der Waals surface area contributed by atoms with Crippen molar-refractivity contribution < 1.29 is 4.74 Å². The Balaban J connectivity index is 2.08. The second kappa shape index (κ2) is 5.14. The summed E-state index contributed by atoms with van der Waals surface area (Å²) in [6.45, 7) is 0.318. The maximum Gasteiger partial charge on any atom is 0.158 e. The number of benzene rings is 1. The minimum atomic E-state index is 0.302. The summed E-state index contributed by atoms with van der Waals surface area (Å²) >= 11 is 11.6. The van der Waals surface area contributed by atoms with Crippen LogP contribution in [0.4, 0.5) is 0 Å². The molecule has 0 aliphatic rings. The summed E-state index contributed by atoms with van der Waals surface area (Å²) < 4.78 is 5.52. The van der Waals surface area contributed by atoms with Crippen molar-refractivity contribution in [1.82, 2.24) is 10.2 Å². The maximum atomic E-state index is 5.85. The van der Waals surface area contributed by atoms with Gasteiger partial charge in [0.25, 0.3) is 0 Å². The maximum absolute atomic E-state index is 5.85. The largest absolute Gasteiger partial charge is 0.489 e. The molecular weight excluding hydrogens is 247 g/mol. The first-order chi connectivity index (χ1) is 7.75. The summed E-state index contributed by atoms with van der Waals surface area (Å²) in [5.41, 5.74) is 0.713. The molecule has 2 rings (SSSR count). The van der Waals surface area contributed by atoms with Gasteiger partial charge >= 0.3 is 0 Å². The molecule has 82 valence electrons. The third-order valence-electron chi connectivity index (χ3n) is 1.93. The van der Waals surface area contributed by atoms with Crippen molar-refractivity contribution in [1.29, 1.82) is 0 Å². The van der Waals surface area contributed by atoms with Crippen molar-refractivity contribution in [3.05, 3.63) is 52.3 Å². The molecule has 2 aromatic rings. The molecule has 0 saturated heterocycles. The van der Waals surface area contributed by atoms with E-state index in [1.165, 1.54) is 0 Å². The van der Waals surface area contributed by atoms with E-state index in [4.69, 9.17) is 27.9 Å². The van der Waals surface area contributed by atoms with E-state index in [2.05, 4.69) is 10.2 Å². The highest BCUT2D eigenvalue weighted by atomic mass is 35.5. The lowest BCUT2D eigenvalue weighted by Crippen LogP contribution is -1.98. The van der Waals surface area contributed by atoms with Gasteiger partial charge in [-0.3, -0.25) is 0 Å². The van der Waals surface area contributed by atoms with Crippen molar-refractivity contribution in [3.8, 4) is 5.75 Å². The zero-order valence-corrected chi connectivity index (χ0v) is 9.74. The highest BCUT2D eigenvalue weighted by Gasteiger charge is 2.04. The Labute approximate surface area is 103 Å². The van der Waals surface area contributed by atoms with Crippen LogP contribution in [0.2, 0.25) is 10.3 Å². The molecule has 0 bridgehead atoms. The van der Waals surface area contributed by atoms with Gasteiger partial charge in [-0.2, -0.15) is 0 Å². The van der Waals surface area contributed by atoms with Crippen molar-refractivity contribution >= 4 is 23.2 Å². The minimum absolute atomic E-state index is 0.302. The summed E-state index contributed by atoms with van der Waals surface area (Å²) in [6, 6.07) is 11.1. The Morgan fingerprint density at radius 1 is 1.06 bits per heavy atom. The number of nitrogens with zero attached hydrogens (tertiary/aromatic N) is 2. The molecule has 5 heteroatoms. The average Bonchev–Trinajstić information content (AvgIpc) is 2.32. The van der Waals surface area contributed by atoms with Crippen LogP contribution < -0.4 is 4.74 Å². The van der Waals surface area contributed by atoms with Gasteiger partial charge in [0.2, 0.25) is 0 Å². The molecule has 1 aromatic carbocycles. The first kappa shape index (κ1) is 11.2. The molecule has 0 amide bonds. The molecule has 0 unspecified atom stereocenters. The SMILES string of the molecule is Clc1cc(COc2ccccc2)c(Cl)nn1. The molecule has 0 aliphatic carbocycles. The quantitative estimate of drug-likeness (QED) is 0.843. The van der Waals surface area contributed by atoms with Crippen LogP contribution in [0, 0.1) is 0 Å². The predicted molar refractivity (Wildman–Crippen MR) is 62.8 cm³/mol. The predicted octanol–water partition coefficient (Wildman–Crippen LogP) is 3.36. The van der Waals surface area contributed by atoms with E-state index in [1.807, 2.05) is 30.3 Å². The smallest absolute Gasteiger partial charge is 0.158 e. The van der Waals surface area contributed by atoms with Gasteiger partial charge in [-0.05, 0) is 18.2 Å². The Kier molecular flexibility index (Phi) is 3.59. The van der Waals surface area contributed by atoms with Crippen LogP contribution in [0.15, 0.2) is 36.4 Å². The molecule has 0 N–H and O–H groups in total. The van der Waals surface area contributed by atoms with Gasteiger partial charge in [0.1, 0.15) is 12.4 Å². The molecule has 0 saturated carbocycles. The Hall–Kier alpha value is -1.32. The summed E-state index contributed by atoms with van der Waals surface area (Å²) in [4.78, 5) is 0. The van der Waals surface area contributed by atoms with Gasteiger partial charge in [0.15, 0.2) is 10.3 Å². The van der Waals surface area contributed by atoms with Crippen LogP contribution in [0.5, 0.6) is 5.75 Å². The fraction of sp³-hybridized carbons (Fsp3) is 0.0909. The number of hydrogen-bond donors (Lipinski definition) is 0. The van der Waals surface area contributed by atoms with E-state index in [1.54, 1.807) is 6.07 Å². The number of ether oxygens (including phenoxy) is 1. The molecule has 0 radical (unpaired) electrons. The normalized spacial score (nSPS) is 10.1. The zero-order valence-electron chi connectivity index (χ0n) is 8.23. The van der Waals surface area contributed by atoms with Crippen molar-refractivity contribution in [2.45, 2.75) is 6.61 Å². The first-order valence-corrected chi connectivity index (χ1v) is 5.37. The van der Waals surface area contributed by atoms with E-state index in [-0.39, 0.29) is 0 Å². The molecule has 16 heavy (non-hydrogen) atoms. The second-order valence-corrected chi connectivity index (χ2v) is 3.83. The molecule has 1 heterocycles. The van der Waals surface area contributed by atoms with Gasteiger partial charge in [-0.15, -0.1) is 10.2 Å². The number of aromatic nitrogens is 2. The molecule has 3 nitrogen and oxygen atoms in total. The summed E-state index contributed by atoms with van der Waals surface area (Å²) in [5.74, 6) is 0.770. The monoisotopic (exact) mass is 254 g/mol. The molecule has 0 aliphatic heterocycles. The fourth-order valence-corrected chi connectivity index (χ4v) is 1.48. The zero-order chi connectivity index (χ0) is 11.4. The van der Waals surface area contributed by atoms with E-state index in [0.29, 0.717) is 22.5 Å². The van der Waals surface area contributed by atoms with Crippen molar-refractivity contribution in [2.24, 2.45) is 0 Å². The van der Waals surface area contributed by atoms with Crippen LogP contribution in [0.25, 0.3) is 0 Å². The van der Waals surface area contributed by atoms with Gasteiger partial charge in [-0.25, -0.2) is 0 Å². The number of rotatable bonds is 3. The van der Waals surface area contributed by atoms with E-state index >= 15 is 0 Å². The summed E-state index contributed by atoms with van der Waals surface area (Å²) in [7, 11) is 0. The highest BCUT2D eigenvalue weighted by molar-refractivity contribution is 6.31. The minimum Gasteiger partial charge on any atom is -0.489 e. The van der Waals surface area contributed by atoms with Crippen LogP contribution >= 0.6 is 23.2 Å². The molecule has 1 aromatic heterocycles. The van der Waals surface area contributed by atoms with Crippen LogP contribution in [0.1, 0.15) is 5.56 Å². The van der Waals surface area contributed by atoms with Crippen molar-refractivity contribution in [2.75, 3.05) is 0 Å². The number of hydrogen-bond acceptors (Lipinski definition) is 3. The van der Waals surface area contributed by atoms with E-state index < -0.39 is 0 Å². The average molecular weight is 255 g/mol. The standard InChI is InChI=1S/C11H8Cl2N2O/c12-10-6-8(11(13)15-14-10)7-16-9-4-2-1-3-5-9/h1-6H,7H2. The lowest BCUT2D eigenvalue weighted by Gasteiger charge is -2.06. The number of para-hydroxylation sites is 1. The van der Waals surface area contributed by atoms with Crippen LogP contribution in [0.3, 0.4) is 0 Å². The third kappa shape index (κ3) is 2.84. The van der Waals surface area contributed by atoms with Gasteiger partial charge in [0.05, 0.1) is 0 Å².